The van der Waals surface area contributed by atoms with E-state index >= 15 is 0 Å². The first-order valence-corrected chi connectivity index (χ1v) is 5.85. The molecule has 0 radical (unpaired) electrons. The van der Waals surface area contributed by atoms with Gasteiger partial charge >= 0.3 is 12.1 Å². The van der Waals surface area contributed by atoms with Gasteiger partial charge in [0.25, 0.3) is 5.89 Å². The van der Waals surface area contributed by atoms with Gasteiger partial charge in [0.15, 0.2) is 11.5 Å². The second-order valence-electron chi connectivity index (χ2n) is 3.93. The highest BCUT2D eigenvalue weighted by molar-refractivity contribution is 5.80. The zero-order valence-electron chi connectivity index (χ0n) is 11.2. The Bertz CT molecular complexity index is 684. The fourth-order valence-electron chi connectivity index (χ4n) is 1.58. The summed E-state index contributed by atoms with van der Waals surface area (Å²) in [7, 11) is 1.20. The third-order valence-electron chi connectivity index (χ3n) is 2.49. The van der Waals surface area contributed by atoms with E-state index in [-0.39, 0.29) is 29.6 Å². The summed E-state index contributed by atoms with van der Waals surface area (Å²) in [6, 6.07) is 3.95. The van der Waals surface area contributed by atoms with Crippen LogP contribution in [0.2, 0.25) is 0 Å². The van der Waals surface area contributed by atoms with Crippen molar-refractivity contribution in [2.24, 2.45) is 5.73 Å². The molecule has 0 saturated carbocycles. The van der Waals surface area contributed by atoms with Crippen molar-refractivity contribution >= 4 is 5.97 Å². The van der Waals surface area contributed by atoms with Crippen LogP contribution in [0, 0.1) is 0 Å². The maximum atomic E-state index is 12.3. The zero-order valence-corrected chi connectivity index (χ0v) is 11.2. The lowest BCUT2D eigenvalue weighted by molar-refractivity contribution is -0.189. The van der Waals surface area contributed by atoms with Crippen LogP contribution < -0.4 is 15.2 Å². The summed E-state index contributed by atoms with van der Waals surface area (Å²) in [5.41, 5.74) is 5.50. The highest BCUT2D eigenvalue weighted by Gasteiger charge is 2.42. The molecule has 0 atom stereocenters. The topological polar surface area (TPSA) is 100 Å². The first-order valence-electron chi connectivity index (χ1n) is 5.85. The number of ether oxygens (including phenoxy) is 2. The molecule has 0 aliphatic carbocycles. The molecule has 2 rings (SSSR count). The number of hydrogen-bond acceptors (Lipinski definition) is 7. The minimum atomic E-state index is -5.13. The van der Waals surface area contributed by atoms with Gasteiger partial charge in [0, 0.05) is 0 Å². The smallest absolute Gasteiger partial charge is 0.491 e. The van der Waals surface area contributed by atoms with Crippen LogP contribution in [-0.4, -0.2) is 29.5 Å². The van der Waals surface area contributed by atoms with Crippen molar-refractivity contribution in [3.63, 3.8) is 0 Å². The summed E-state index contributed by atoms with van der Waals surface area (Å²) in [5, 5.41) is 7.33. The van der Waals surface area contributed by atoms with Crippen LogP contribution in [0.15, 0.2) is 22.6 Å². The van der Waals surface area contributed by atoms with E-state index in [1.54, 1.807) is 0 Å². The Morgan fingerprint density at radius 2 is 2.09 bits per heavy atom. The molecule has 2 N–H and O–H groups in total. The third kappa shape index (κ3) is 3.17. The molecule has 118 valence electrons. The third-order valence-corrected chi connectivity index (χ3v) is 2.49. The van der Waals surface area contributed by atoms with Crippen molar-refractivity contribution in [2.75, 3.05) is 7.11 Å². The van der Waals surface area contributed by atoms with Crippen LogP contribution in [0.25, 0.3) is 11.5 Å². The largest absolute Gasteiger partial charge is 0.492 e. The maximum absolute atomic E-state index is 12.3. The number of alkyl halides is 3. The van der Waals surface area contributed by atoms with Gasteiger partial charge in [-0.15, -0.1) is 10.2 Å². The summed E-state index contributed by atoms with van der Waals surface area (Å²) in [4.78, 5) is 10.9. The van der Waals surface area contributed by atoms with Gasteiger partial charge in [-0.05, 0) is 12.1 Å². The number of rotatable bonds is 4. The summed E-state index contributed by atoms with van der Waals surface area (Å²) in [5.74, 6) is -2.82. The van der Waals surface area contributed by atoms with E-state index in [0.29, 0.717) is 0 Å². The van der Waals surface area contributed by atoms with Gasteiger partial charge in [-0.3, -0.25) is 0 Å². The number of hydrogen-bond donors (Lipinski definition) is 1. The highest BCUT2D eigenvalue weighted by atomic mass is 19.4. The van der Waals surface area contributed by atoms with E-state index in [1.165, 1.54) is 19.2 Å². The zero-order chi connectivity index (χ0) is 16.3. The lowest BCUT2D eigenvalue weighted by Gasteiger charge is -2.12. The van der Waals surface area contributed by atoms with E-state index in [2.05, 4.69) is 14.9 Å². The van der Waals surface area contributed by atoms with Gasteiger partial charge in [-0.1, -0.05) is 6.07 Å². The van der Waals surface area contributed by atoms with Crippen molar-refractivity contribution in [3.8, 4) is 23.0 Å². The lowest BCUT2D eigenvalue weighted by atomic mass is 10.2. The molecular weight excluding hydrogens is 307 g/mol. The van der Waals surface area contributed by atoms with E-state index in [9.17, 15) is 18.0 Å². The number of nitrogens with two attached hydrogens (primary N) is 1. The number of carbonyl (C=O) groups is 1. The molecular formula is C12H10F3N3O4. The van der Waals surface area contributed by atoms with Gasteiger partial charge in [0.1, 0.15) is 0 Å². The van der Waals surface area contributed by atoms with Gasteiger partial charge in [-0.2, -0.15) is 13.2 Å². The molecule has 1 aromatic heterocycles. The fourth-order valence-corrected chi connectivity index (χ4v) is 1.58. The number of methoxy groups -OCH3 is 1. The number of nitrogens with zero attached hydrogens (tertiary/aromatic N) is 2. The molecule has 10 heteroatoms. The van der Waals surface area contributed by atoms with Crippen molar-refractivity contribution in [3.05, 3.63) is 24.1 Å². The number of carbonyl (C=O) groups excluding carboxylic acids is 1. The Labute approximate surface area is 121 Å². The molecule has 0 amide bonds. The van der Waals surface area contributed by atoms with Gasteiger partial charge < -0.3 is 19.6 Å². The Morgan fingerprint density at radius 1 is 1.36 bits per heavy atom. The number of benzene rings is 1. The molecule has 0 fully saturated rings. The number of halogens is 3. The highest BCUT2D eigenvalue weighted by Crippen LogP contribution is 2.38. The van der Waals surface area contributed by atoms with Gasteiger partial charge in [-0.25, -0.2) is 4.79 Å². The Kier molecular flexibility index (Phi) is 4.31. The van der Waals surface area contributed by atoms with Crippen molar-refractivity contribution in [1.82, 2.24) is 10.2 Å². The van der Waals surface area contributed by atoms with Gasteiger partial charge in [0.2, 0.25) is 5.89 Å². The molecule has 7 nitrogen and oxygen atoms in total. The molecule has 0 aliphatic rings. The number of aromatic nitrogens is 2. The Hall–Kier alpha value is -2.62. The van der Waals surface area contributed by atoms with Crippen molar-refractivity contribution in [1.29, 1.82) is 0 Å². The van der Waals surface area contributed by atoms with E-state index in [4.69, 9.17) is 14.9 Å². The van der Waals surface area contributed by atoms with Crippen molar-refractivity contribution in [2.45, 2.75) is 12.7 Å². The van der Waals surface area contributed by atoms with Gasteiger partial charge in [0.05, 0.1) is 19.2 Å². The molecule has 1 heterocycles. The summed E-state index contributed by atoms with van der Waals surface area (Å²) < 4.78 is 51.3. The standard InChI is InChI=1S/C12H10F3N3O4/c1-20-9-6(10-18-17-8(5-16)22-10)3-2-4-7(9)21-11(19)12(13,14)15/h2-4H,5,16H2,1H3. The maximum Gasteiger partial charge on any atom is 0.491 e. The first kappa shape index (κ1) is 15.8. The molecule has 0 aliphatic heterocycles. The van der Waals surface area contributed by atoms with Crippen LogP contribution in [0.1, 0.15) is 5.89 Å². The predicted octanol–water partition coefficient (Wildman–Crippen LogP) is 1.67. The second kappa shape index (κ2) is 6.02. The average molecular weight is 317 g/mol. The molecule has 0 spiro atoms. The molecule has 1 aromatic carbocycles. The minimum Gasteiger partial charge on any atom is -0.492 e. The SMILES string of the molecule is COc1c(OC(=O)C(F)(F)F)cccc1-c1nnc(CN)o1. The molecule has 0 bridgehead atoms. The van der Waals surface area contributed by atoms with E-state index in [1.807, 2.05) is 0 Å². The quantitative estimate of drug-likeness (QED) is 0.676. The normalized spacial score (nSPS) is 11.3. The van der Waals surface area contributed by atoms with Crippen molar-refractivity contribution < 1.29 is 31.9 Å². The average Bonchev–Trinajstić information content (AvgIpc) is 2.94. The minimum absolute atomic E-state index is 0.00192. The second-order valence-corrected chi connectivity index (χ2v) is 3.93. The number of esters is 1. The molecule has 0 saturated heterocycles. The lowest BCUT2D eigenvalue weighted by Crippen LogP contribution is -2.28. The fraction of sp³-hybridized carbons (Fsp3) is 0.250. The first-order chi connectivity index (χ1) is 10.4. The van der Waals surface area contributed by atoms with E-state index in [0.717, 1.165) is 6.07 Å². The molecule has 22 heavy (non-hydrogen) atoms. The Morgan fingerprint density at radius 3 is 2.64 bits per heavy atom. The van der Waals surface area contributed by atoms with Crippen LogP contribution in [-0.2, 0) is 11.3 Å². The summed E-state index contributed by atoms with van der Waals surface area (Å²) in [6.07, 6.45) is -5.13. The van der Waals surface area contributed by atoms with Crippen LogP contribution >= 0.6 is 0 Å². The van der Waals surface area contributed by atoms with Crippen LogP contribution in [0.4, 0.5) is 13.2 Å². The van der Waals surface area contributed by atoms with Crippen LogP contribution in [0.5, 0.6) is 11.5 Å². The van der Waals surface area contributed by atoms with Crippen LogP contribution in [0.3, 0.4) is 0 Å². The monoisotopic (exact) mass is 317 g/mol. The molecule has 0 unspecified atom stereocenters. The predicted molar refractivity (Wildman–Crippen MR) is 65.9 cm³/mol. The summed E-state index contributed by atoms with van der Waals surface area (Å²) in [6.45, 7) is -0.00192. The number of para-hydroxylation sites is 1. The molecule has 2 aromatic rings. The Balaban J connectivity index is 2.41. The van der Waals surface area contributed by atoms with E-state index < -0.39 is 17.9 Å². The summed E-state index contributed by atoms with van der Waals surface area (Å²) >= 11 is 0.